The van der Waals surface area contributed by atoms with Gasteiger partial charge in [-0.2, -0.15) is 0 Å². The fourth-order valence-corrected chi connectivity index (χ4v) is 2.29. The highest BCUT2D eigenvalue weighted by atomic mass is 16.5. The van der Waals surface area contributed by atoms with Crippen LogP contribution in [0, 0.1) is 0 Å². The Bertz CT molecular complexity index is 475. The smallest absolute Gasteiger partial charge is 0.338 e. The summed E-state index contributed by atoms with van der Waals surface area (Å²) in [7, 11) is 0. The number of carbonyl (C=O) groups is 2. The third-order valence-electron chi connectivity index (χ3n) is 3.11. The maximum Gasteiger partial charge on any atom is 0.338 e. The molecule has 0 fully saturated rings. The van der Waals surface area contributed by atoms with Gasteiger partial charge in [-0.15, -0.1) is 0 Å². The van der Waals surface area contributed by atoms with Crippen LogP contribution in [-0.2, 0) is 17.6 Å². The largest absolute Gasteiger partial charge is 0.462 e. The molecule has 1 aliphatic rings. The van der Waals surface area contributed by atoms with E-state index in [-0.39, 0.29) is 5.78 Å². The van der Waals surface area contributed by atoms with Crippen molar-refractivity contribution < 1.29 is 14.3 Å². The zero-order valence-electron chi connectivity index (χ0n) is 10.2. The van der Waals surface area contributed by atoms with E-state index in [9.17, 15) is 9.59 Å². The topological polar surface area (TPSA) is 43.4 Å². The lowest BCUT2D eigenvalue weighted by Crippen LogP contribution is -2.11. The van der Waals surface area contributed by atoms with Crippen LogP contribution in [0.25, 0.3) is 0 Å². The first-order chi connectivity index (χ1) is 8.13. The Labute approximate surface area is 101 Å². The van der Waals surface area contributed by atoms with Crippen molar-refractivity contribution in [3.05, 3.63) is 34.4 Å². The van der Waals surface area contributed by atoms with E-state index in [4.69, 9.17) is 4.74 Å². The van der Waals surface area contributed by atoms with Crippen molar-refractivity contribution in [3.63, 3.8) is 0 Å². The van der Waals surface area contributed by atoms with Crippen LogP contribution < -0.4 is 0 Å². The highest BCUT2D eigenvalue weighted by molar-refractivity contribution is 6.05. The number of Topliss-reactive ketones (excluding diaryl/α,β-unsaturated/α-hetero) is 1. The molecule has 2 rings (SSSR count). The van der Waals surface area contributed by atoms with E-state index in [0.717, 1.165) is 19.3 Å². The van der Waals surface area contributed by atoms with Crippen LogP contribution in [0.4, 0.5) is 0 Å². The van der Waals surface area contributed by atoms with E-state index in [1.54, 1.807) is 6.92 Å². The number of benzene rings is 1. The number of rotatable bonds is 3. The van der Waals surface area contributed by atoms with Crippen LogP contribution in [0.15, 0.2) is 12.1 Å². The molecule has 3 nitrogen and oxygen atoms in total. The molecule has 0 aliphatic heterocycles. The molecule has 1 aliphatic carbocycles. The van der Waals surface area contributed by atoms with Gasteiger partial charge in [0.2, 0.25) is 0 Å². The summed E-state index contributed by atoms with van der Waals surface area (Å²) in [5.74, 6) is -0.477. The molecular weight excluding hydrogens is 216 g/mol. The number of ketones is 1. The van der Waals surface area contributed by atoms with Crippen LogP contribution in [0.5, 0.6) is 0 Å². The van der Waals surface area contributed by atoms with Gasteiger partial charge >= 0.3 is 5.97 Å². The first-order valence-electron chi connectivity index (χ1n) is 5.97. The van der Waals surface area contributed by atoms with Gasteiger partial charge in [0.25, 0.3) is 0 Å². The van der Waals surface area contributed by atoms with Crippen molar-refractivity contribution in [3.8, 4) is 0 Å². The standard InChI is InChI=1S/C14H16O3/c1-3-17-14(16)13-8-11-6-4-5-10(11)7-12(13)9(2)15/h7-8H,3-6H2,1-2H3. The molecule has 0 unspecified atom stereocenters. The number of hydrogen-bond donors (Lipinski definition) is 0. The Morgan fingerprint density at radius 3 is 2.29 bits per heavy atom. The summed E-state index contributed by atoms with van der Waals surface area (Å²) in [6.07, 6.45) is 3.08. The second-order valence-corrected chi connectivity index (χ2v) is 4.30. The van der Waals surface area contributed by atoms with Crippen molar-refractivity contribution in [2.75, 3.05) is 6.61 Å². The molecule has 3 heteroatoms. The average molecular weight is 232 g/mol. The Morgan fingerprint density at radius 1 is 1.18 bits per heavy atom. The quantitative estimate of drug-likeness (QED) is 0.594. The van der Waals surface area contributed by atoms with Gasteiger partial charge in [0.15, 0.2) is 5.78 Å². The van der Waals surface area contributed by atoms with Crippen molar-refractivity contribution in [1.82, 2.24) is 0 Å². The molecule has 0 spiro atoms. The molecule has 0 saturated heterocycles. The lowest BCUT2D eigenvalue weighted by Gasteiger charge is -2.09. The van der Waals surface area contributed by atoms with Gasteiger partial charge in [-0.05, 0) is 56.4 Å². The molecule has 0 N–H and O–H groups in total. The van der Waals surface area contributed by atoms with Crippen LogP contribution in [-0.4, -0.2) is 18.4 Å². The molecule has 90 valence electrons. The second-order valence-electron chi connectivity index (χ2n) is 4.30. The third kappa shape index (κ3) is 2.23. The van der Waals surface area contributed by atoms with Crippen LogP contribution in [0.1, 0.15) is 52.1 Å². The maximum atomic E-state index is 11.8. The van der Waals surface area contributed by atoms with Gasteiger partial charge in [0, 0.05) is 5.56 Å². The van der Waals surface area contributed by atoms with Gasteiger partial charge in [0.1, 0.15) is 0 Å². The number of hydrogen-bond acceptors (Lipinski definition) is 3. The molecular formula is C14H16O3. The van der Waals surface area contributed by atoms with Crippen molar-refractivity contribution in [2.45, 2.75) is 33.1 Å². The minimum atomic E-state index is -0.396. The number of carbonyl (C=O) groups excluding carboxylic acids is 2. The summed E-state index contributed by atoms with van der Waals surface area (Å²) < 4.78 is 4.99. The van der Waals surface area contributed by atoms with Gasteiger partial charge in [-0.1, -0.05) is 0 Å². The molecule has 0 radical (unpaired) electrons. The Hall–Kier alpha value is -1.64. The lowest BCUT2D eigenvalue weighted by atomic mass is 9.98. The fraction of sp³-hybridized carbons (Fsp3) is 0.429. The zero-order chi connectivity index (χ0) is 12.4. The van der Waals surface area contributed by atoms with Crippen molar-refractivity contribution >= 4 is 11.8 Å². The molecule has 0 saturated carbocycles. The summed E-state index contributed by atoms with van der Waals surface area (Å²) >= 11 is 0. The van der Waals surface area contributed by atoms with E-state index < -0.39 is 5.97 Å². The molecule has 0 bridgehead atoms. The minimum Gasteiger partial charge on any atom is -0.462 e. The van der Waals surface area contributed by atoms with E-state index in [0.29, 0.717) is 17.7 Å². The number of fused-ring (bicyclic) bond motifs is 1. The number of ether oxygens (including phenoxy) is 1. The molecule has 1 aromatic rings. The first kappa shape index (κ1) is 11.8. The average Bonchev–Trinajstić information content (AvgIpc) is 2.74. The lowest BCUT2D eigenvalue weighted by molar-refractivity contribution is 0.0523. The van der Waals surface area contributed by atoms with Gasteiger partial charge in [-0.25, -0.2) is 4.79 Å². The molecule has 17 heavy (non-hydrogen) atoms. The van der Waals surface area contributed by atoms with E-state index in [1.165, 1.54) is 18.1 Å². The van der Waals surface area contributed by atoms with Gasteiger partial charge < -0.3 is 4.74 Å². The Kier molecular flexibility index (Phi) is 3.27. The Balaban J connectivity index is 2.48. The van der Waals surface area contributed by atoms with Crippen LogP contribution in [0.3, 0.4) is 0 Å². The number of aryl methyl sites for hydroxylation is 2. The summed E-state index contributed by atoms with van der Waals surface area (Å²) in [6.45, 7) is 3.57. The van der Waals surface area contributed by atoms with E-state index in [2.05, 4.69) is 0 Å². The van der Waals surface area contributed by atoms with Gasteiger partial charge in [-0.3, -0.25) is 4.79 Å². The predicted octanol–water partition coefficient (Wildman–Crippen LogP) is 2.55. The SMILES string of the molecule is CCOC(=O)c1cc2c(cc1C(C)=O)CCC2. The summed E-state index contributed by atoms with van der Waals surface area (Å²) in [5.41, 5.74) is 3.28. The molecule has 0 aromatic heterocycles. The maximum absolute atomic E-state index is 11.8. The predicted molar refractivity (Wildman–Crippen MR) is 64.4 cm³/mol. The monoisotopic (exact) mass is 232 g/mol. The second kappa shape index (κ2) is 4.70. The minimum absolute atomic E-state index is 0.0808. The highest BCUT2D eigenvalue weighted by Gasteiger charge is 2.21. The zero-order valence-corrected chi connectivity index (χ0v) is 10.2. The molecule has 0 atom stereocenters. The van der Waals surface area contributed by atoms with E-state index >= 15 is 0 Å². The summed E-state index contributed by atoms with van der Waals surface area (Å²) in [5, 5.41) is 0. The molecule has 1 aromatic carbocycles. The third-order valence-corrected chi connectivity index (χ3v) is 3.11. The van der Waals surface area contributed by atoms with Crippen LogP contribution >= 0.6 is 0 Å². The highest BCUT2D eigenvalue weighted by Crippen LogP contribution is 2.26. The molecule has 0 heterocycles. The van der Waals surface area contributed by atoms with Crippen molar-refractivity contribution in [1.29, 1.82) is 0 Å². The van der Waals surface area contributed by atoms with E-state index in [1.807, 2.05) is 12.1 Å². The van der Waals surface area contributed by atoms with Crippen molar-refractivity contribution in [2.24, 2.45) is 0 Å². The van der Waals surface area contributed by atoms with Crippen LogP contribution in [0.2, 0.25) is 0 Å². The Morgan fingerprint density at radius 2 is 1.76 bits per heavy atom. The summed E-state index contributed by atoms with van der Waals surface area (Å²) in [4.78, 5) is 23.4. The molecule has 0 amide bonds. The summed E-state index contributed by atoms with van der Waals surface area (Å²) in [6, 6.07) is 3.69. The van der Waals surface area contributed by atoms with Gasteiger partial charge in [0.05, 0.1) is 12.2 Å². The fourth-order valence-electron chi connectivity index (χ4n) is 2.29. The first-order valence-corrected chi connectivity index (χ1v) is 5.97. The number of esters is 1. The normalized spacial score (nSPS) is 13.3.